The van der Waals surface area contributed by atoms with Gasteiger partial charge >= 0.3 is 35.8 Å². The predicted octanol–water partition coefficient (Wildman–Crippen LogP) is -3.12. The lowest BCUT2D eigenvalue weighted by Gasteiger charge is -2.24. The third-order valence-corrected chi connectivity index (χ3v) is 3.56. The van der Waals surface area contributed by atoms with Crippen LogP contribution in [0.25, 0.3) is 0 Å². The molecule has 30 heavy (non-hydrogen) atoms. The van der Waals surface area contributed by atoms with Crippen LogP contribution in [0.5, 0.6) is 0 Å². The van der Waals surface area contributed by atoms with Crippen LogP contribution >= 0.6 is 0 Å². The minimum atomic E-state index is -1.30. The molecule has 0 unspecified atom stereocenters. The Morgan fingerprint density at radius 3 is 1.97 bits per heavy atom. The number of carboxylic acid groups (broad SMARTS) is 2. The zero-order chi connectivity index (χ0) is 22.7. The van der Waals surface area contributed by atoms with E-state index in [2.05, 4.69) is 19.6 Å². The summed E-state index contributed by atoms with van der Waals surface area (Å²) in [5, 5.41) is 17.7. The summed E-state index contributed by atoms with van der Waals surface area (Å²) in [6.45, 7) is -2.82. The first-order valence-corrected chi connectivity index (χ1v) is 8.52. The van der Waals surface area contributed by atoms with Crippen LogP contribution < -0.4 is 5.73 Å². The number of rotatable bonds is 7. The van der Waals surface area contributed by atoms with Gasteiger partial charge in [0.2, 0.25) is 0 Å². The van der Waals surface area contributed by atoms with Gasteiger partial charge in [-0.15, -0.1) is 0 Å². The number of carbonyl (C=O) groups excluding carboxylic acids is 4. The number of hydrogen-bond acceptors (Lipinski definition) is 13. The smallest absolute Gasteiger partial charge is 0.372 e. The summed E-state index contributed by atoms with van der Waals surface area (Å²) in [7, 11) is 0. The molecule has 1 saturated heterocycles. The van der Waals surface area contributed by atoms with Crippen molar-refractivity contribution in [2.24, 2.45) is 5.73 Å². The normalized spacial score (nSPS) is 19.9. The molecule has 168 valence electrons. The molecule has 0 radical (unpaired) electrons. The Hall–Kier alpha value is -3.30. The fourth-order valence-corrected chi connectivity index (χ4v) is 2.19. The largest absolute Gasteiger partial charge is 0.480 e. The Labute approximate surface area is 169 Å². The van der Waals surface area contributed by atoms with Crippen LogP contribution in [0.15, 0.2) is 0 Å². The molecule has 1 fully saturated rings. The van der Waals surface area contributed by atoms with Gasteiger partial charge in [-0.3, -0.25) is 19.4 Å². The van der Waals surface area contributed by atoms with Crippen LogP contribution in [0.1, 0.15) is 12.8 Å². The minimum Gasteiger partial charge on any atom is -0.480 e. The van der Waals surface area contributed by atoms with Gasteiger partial charge in [0, 0.05) is 13.1 Å². The van der Waals surface area contributed by atoms with E-state index in [-0.39, 0.29) is 25.9 Å². The van der Waals surface area contributed by atoms with E-state index in [0.29, 0.717) is 0 Å². The number of nitrogens with two attached hydrogens (primary N) is 1. The molecule has 1 heterocycles. The van der Waals surface area contributed by atoms with Gasteiger partial charge in [0.15, 0.2) is 0 Å². The Morgan fingerprint density at radius 2 is 1.43 bits per heavy atom. The molecule has 0 bridgehead atoms. The van der Waals surface area contributed by atoms with E-state index in [1.165, 1.54) is 0 Å². The first-order valence-electron chi connectivity index (χ1n) is 8.52. The van der Waals surface area contributed by atoms with Gasteiger partial charge in [0.05, 0.1) is 19.5 Å². The first kappa shape index (κ1) is 24.7. The molecular weight excluding hydrogens is 414 g/mol. The summed E-state index contributed by atoms with van der Waals surface area (Å²) in [6.07, 6.45) is -0.609. The minimum absolute atomic E-state index is 0.177. The maximum atomic E-state index is 11.9. The Bertz CT molecular complexity index is 666. The molecule has 0 saturated carbocycles. The highest BCUT2D eigenvalue weighted by Gasteiger charge is 2.25. The molecule has 4 N–H and O–H groups in total. The van der Waals surface area contributed by atoms with Crippen molar-refractivity contribution in [3.8, 4) is 0 Å². The average molecular weight is 435 g/mol. The lowest BCUT2D eigenvalue weighted by molar-refractivity contribution is -0.265. The highest BCUT2D eigenvalue weighted by atomic mass is 17.2. The maximum absolute atomic E-state index is 11.9. The van der Waals surface area contributed by atoms with Gasteiger partial charge in [-0.2, -0.15) is 0 Å². The number of carboxylic acids is 2. The first-order chi connectivity index (χ1) is 14.1. The fraction of sp³-hybridized carbons (Fsp3) is 0.600. The van der Waals surface area contributed by atoms with E-state index in [4.69, 9.17) is 15.9 Å². The van der Waals surface area contributed by atoms with Crippen molar-refractivity contribution in [2.75, 3.05) is 39.3 Å². The van der Waals surface area contributed by atoms with Gasteiger partial charge in [0.1, 0.15) is 19.1 Å². The van der Waals surface area contributed by atoms with Crippen LogP contribution in [0, 0.1) is 0 Å². The van der Waals surface area contributed by atoms with Crippen molar-refractivity contribution in [2.45, 2.75) is 18.9 Å². The van der Waals surface area contributed by atoms with E-state index >= 15 is 0 Å². The molecule has 0 aromatic rings. The predicted molar refractivity (Wildman–Crippen MR) is 89.7 cm³/mol. The molecule has 1 aliphatic rings. The Morgan fingerprint density at radius 1 is 0.933 bits per heavy atom. The summed E-state index contributed by atoms with van der Waals surface area (Å²) in [5.74, 6) is -6.84. The SMILES string of the molecule is N[C@@H]1CCC(=O)OOC(=O)CN(CCN(CC(=O)O)CC(=O)O)CC(=O)OOC1=O. The van der Waals surface area contributed by atoms with E-state index in [9.17, 15) is 28.8 Å². The number of nitrogens with zero attached hydrogens (tertiary/aromatic N) is 2. The molecule has 1 rings (SSSR count). The topological polar surface area (TPSA) is 212 Å². The zero-order valence-corrected chi connectivity index (χ0v) is 15.7. The van der Waals surface area contributed by atoms with Gasteiger partial charge in [-0.05, 0) is 6.42 Å². The van der Waals surface area contributed by atoms with Crippen molar-refractivity contribution in [1.82, 2.24) is 9.80 Å². The molecule has 0 aromatic carbocycles. The van der Waals surface area contributed by atoms with Crippen LogP contribution in [-0.4, -0.2) is 101 Å². The molecule has 15 nitrogen and oxygen atoms in total. The average Bonchev–Trinajstić information content (AvgIpc) is 2.64. The third kappa shape index (κ3) is 10.3. The van der Waals surface area contributed by atoms with Crippen molar-refractivity contribution >= 4 is 35.8 Å². The van der Waals surface area contributed by atoms with Gasteiger partial charge in [-0.25, -0.2) is 38.7 Å². The van der Waals surface area contributed by atoms with Crippen molar-refractivity contribution in [1.29, 1.82) is 0 Å². The second-order valence-electron chi connectivity index (χ2n) is 6.12. The molecule has 1 aliphatic heterocycles. The number of aliphatic carboxylic acids is 2. The van der Waals surface area contributed by atoms with Crippen molar-refractivity contribution in [3.63, 3.8) is 0 Å². The zero-order valence-electron chi connectivity index (χ0n) is 15.7. The summed E-state index contributed by atoms with van der Waals surface area (Å²) in [6, 6.07) is -1.30. The Kier molecular flexibility index (Phi) is 10.1. The molecule has 15 heteroatoms. The van der Waals surface area contributed by atoms with E-state index in [0.717, 1.165) is 9.80 Å². The van der Waals surface area contributed by atoms with Crippen LogP contribution in [0.4, 0.5) is 0 Å². The summed E-state index contributed by atoms with van der Waals surface area (Å²) >= 11 is 0. The molecule has 0 aromatic heterocycles. The summed E-state index contributed by atoms with van der Waals surface area (Å²) in [5.41, 5.74) is 5.46. The molecule has 0 aliphatic carbocycles. The fourth-order valence-electron chi connectivity index (χ4n) is 2.19. The molecular formula is C15H21N3O12. The van der Waals surface area contributed by atoms with Gasteiger partial charge in [0.25, 0.3) is 0 Å². The number of hydrogen-bond donors (Lipinski definition) is 3. The second-order valence-corrected chi connectivity index (χ2v) is 6.12. The van der Waals surface area contributed by atoms with Crippen LogP contribution in [0.3, 0.4) is 0 Å². The van der Waals surface area contributed by atoms with Crippen LogP contribution in [-0.2, 0) is 48.3 Å². The van der Waals surface area contributed by atoms with E-state index in [1.54, 1.807) is 0 Å². The summed E-state index contributed by atoms with van der Waals surface area (Å²) < 4.78 is 0. The lowest BCUT2D eigenvalue weighted by atomic mass is 10.2. The van der Waals surface area contributed by atoms with Crippen molar-refractivity contribution in [3.05, 3.63) is 0 Å². The maximum Gasteiger partial charge on any atom is 0.372 e. The second kappa shape index (κ2) is 12.3. The highest BCUT2D eigenvalue weighted by molar-refractivity contribution is 5.79. The molecule has 0 amide bonds. The van der Waals surface area contributed by atoms with Crippen molar-refractivity contribution < 1.29 is 58.5 Å². The van der Waals surface area contributed by atoms with E-state index in [1.807, 2.05) is 0 Å². The van der Waals surface area contributed by atoms with Gasteiger partial charge in [-0.1, -0.05) is 0 Å². The molecule has 1 atom stereocenters. The summed E-state index contributed by atoms with van der Waals surface area (Å²) in [4.78, 5) is 87.8. The van der Waals surface area contributed by atoms with Crippen LogP contribution in [0.2, 0.25) is 0 Å². The quantitative estimate of drug-likeness (QED) is 0.337. The number of carbonyl (C=O) groups is 6. The highest BCUT2D eigenvalue weighted by Crippen LogP contribution is 2.03. The van der Waals surface area contributed by atoms with Gasteiger partial charge < -0.3 is 15.9 Å². The standard InChI is InChI=1S/C15H21N3O12/c16-9-1-2-12(23)27-28-13(24)7-18(8-14(25)29-30-15(9)26)4-3-17(5-10(19)20)6-11(21)22/h9H,1-8,16H2,(H,19,20)(H,21,22)/t9-/m1/s1. The monoisotopic (exact) mass is 435 g/mol. The lowest BCUT2D eigenvalue weighted by Crippen LogP contribution is -2.44. The molecule has 0 spiro atoms. The Balaban J connectivity index is 2.82. The van der Waals surface area contributed by atoms with E-state index < -0.39 is 68.0 Å². The third-order valence-electron chi connectivity index (χ3n) is 3.56.